The Morgan fingerprint density at radius 1 is 0.553 bits per heavy atom. The Balaban J connectivity index is 1.36. The van der Waals surface area contributed by atoms with Crippen molar-refractivity contribution < 1.29 is 19.2 Å². The second-order valence-corrected chi connectivity index (χ2v) is 9.59. The number of benzene rings is 2. The van der Waals surface area contributed by atoms with Crippen LogP contribution in [0.15, 0.2) is 72.8 Å². The highest BCUT2D eigenvalue weighted by Crippen LogP contribution is 2.27. The summed E-state index contributed by atoms with van der Waals surface area (Å²) in [5, 5.41) is 6.29. The van der Waals surface area contributed by atoms with Gasteiger partial charge in [0, 0.05) is 41.1 Å². The summed E-state index contributed by atoms with van der Waals surface area (Å²) in [7, 11) is 0. The maximum atomic E-state index is 11.9. The smallest absolute Gasteiger partial charge is 0.258 e. The van der Waals surface area contributed by atoms with Gasteiger partial charge in [0.25, 0.3) is 23.6 Å². The normalized spacial score (nSPS) is 15.1. The van der Waals surface area contributed by atoms with Crippen LogP contribution in [0.25, 0.3) is 0 Å². The number of hydrogen-bond acceptors (Lipinski definition) is 9. The third kappa shape index (κ3) is 4.89. The van der Waals surface area contributed by atoms with Crippen LogP contribution in [0.4, 0.5) is 34.6 Å². The minimum Gasteiger partial charge on any atom is -0.324 e. The lowest BCUT2D eigenvalue weighted by Gasteiger charge is -2.19. The van der Waals surface area contributed by atoms with Crippen molar-refractivity contribution in [3.63, 3.8) is 0 Å². The molecule has 11 heteroatoms. The number of nitrogens with zero attached hydrogens (tertiary/aromatic N) is 5. The summed E-state index contributed by atoms with van der Waals surface area (Å²) in [5.74, 6) is -0.408. The van der Waals surface area contributed by atoms with Gasteiger partial charge in [0.1, 0.15) is 5.82 Å². The van der Waals surface area contributed by atoms with Crippen molar-refractivity contribution in [1.82, 2.24) is 15.0 Å². The van der Waals surface area contributed by atoms with E-state index in [1.165, 1.54) is 24.3 Å². The summed E-state index contributed by atoms with van der Waals surface area (Å²) in [5.41, 5.74) is 1.84. The summed E-state index contributed by atoms with van der Waals surface area (Å²) in [6.45, 7) is 5.95. The van der Waals surface area contributed by atoms with Gasteiger partial charge in [-0.25, -0.2) is 9.80 Å². The second kappa shape index (κ2) is 9.36. The highest BCUT2D eigenvalue weighted by Gasteiger charge is 2.26. The van der Waals surface area contributed by atoms with Gasteiger partial charge in [0.2, 0.25) is 11.9 Å². The molecule has 11 nitrogen and oxygen atoms in total. The lowest BCUT2D eigenvalue weighted by atomic mass is 9.96. The quantitative estimate of drug-likeness (QED) is 0.478. The average molecular weight is 510 g/mol. The van der Waals surface area contributed by atoms with Crippen LogP contribution < -0.4 is 20.4 Å². The molecule has 5 rings (SSSR count). The molecule has 0 atom stereocenters. The van der Waals surface area contributed by atoms with Crippen LogP contribution in [0, 0.1) is 0 Å². The van der Waals surface area contributed by atoms with Gasteiger partial charge in [-0.3, -0.25) is 19.2 Å². The van der Waals surface area contributed by atoms with Crippen LogP contribution in [0.5, 0.6) is 0 Å². The van der Waals surface area contributed by atoms with Gasteiger partial charge in [-0.15, -0.1) is 0 Å². The average Bonchev–Trinajstić information content (AvgIpc) is 3.39. The van der Waals surface area contributed by atoms with E-state index in [4.69, 9.17) is 0 Å². The highest BCUT2D eigenvalue weighted by atomic mass is 16.2. The lowest BCUT2D eigenvalue weighted by molar-refractivity contribution is -0.121. The Kier molecular flexibility index (Phi) is 6.03. The number of nitrogens with one attached hydrogen (secondary N) is 2. The van der Waals surface area contributed by atoms with Crippen LogP contribution in [0.2, 0.25) is 0 Å². The molecule has 0 bridgehead atoms. The van der Waals surface area contributed by atoms with Crippen molar-refractivity contribution in [1.29, 1.82) is 0 Å². The Morgan fingerprint density at radius 3 is 1.21 bits per heavy atom. The van der Waals surface area contributed by atoms with Crippen molar-refractivity contribution >= 4 is 58.3 Å². The molecule has 0 radical (unpaired) electrons. The largest absolute Gasteiger partial charge is 0.324 e. The molecule has 0 fully saturated rings. The van der Waals surface area contributed by atoms with E-state index < -0.39 is 0 Å². The van der Waals surface area contributed by atoms with E-state index in [0.717, 1.165) is 9.80 Å². The fraction of sp³-hybridized carbons (Fsp3) is 0.148. The lowest BCUT2D eigenvalue weighted by Crippen LogP contribution is -2.29. The topological polar surface area (TPSA) is 137 Å². The summed E-state index contributed by atoms with van der Waals surface area (Å²) in [6, 6.07) is 13.5. The number of carbonyl (C=O) groups is 4. The van der Waals surface area contributed by atoms with Gasteiger partial charge in [-0.1, -0.05) is 20.8 Å². The summed E-state index contributed by atoms with van der Waals surface area (Å²) in [6.07, 6.45) is 4.94. The summed E-state index contributed by atoms with van der Waals surface area (Å²) in [4.78, 5) is 63.5. The van der Waals surface area contributed by atoms with Crippen molar-refractivity contribution in [3.05, 3.63) is 78.7 Å². The van der Waals surface area contributed by atoms with Crippen LogP contribution in [0.1, 0.15) is 26.6 Å². The molecule has 1 aromatic heterocycles. The fourth-order valence-corrected chi connectivity index (χ4v) is 3.78. The first-order valence-corrected chi connectivity index (χ1v) is 11.7. The molecule has 2 N–H and O–H groups in total. The standard InChI is InChI=1S/C27H23N7O4/c1-27(2,3)24-30-25(28-16-4-8-18(9-5-16)33-20(35)12-13-21(33)36)32-26(31-24)29-17-6-10-19(11-7-17)34-22(37)14-15-23(34)38/h4-15H,1-3H3,(H2,28,29,30,31,32). The zero-order valence-corrected chi connectivity index (χ0v) is 20.8. The molecule has 0 saturated carbocycles. The summed E-state index contributed by atoms with van der Waals surface area (Å²) < 4.78 is 0. The van der Waals surface area contributed by atoms with Crippen molar-refractivity contribution in [2.24, 2.45) is 0 Å². The molecule has 2 aliphatic rings. The first-order valence-electron chi connectivity index (χ1n) is 11.7. The molecule has 0 saturated heterocycles. The number of anilines is 6. The number of imide groups is 2. The van der Waals surface area contributed by atoms with E-state index in [-0.39, 0.29) is 29.0 Å². The Morgan fingerprint density at radius 2 is 0.895 bits per heavy atom. The van der Waals surface area contributed by atoms with Crippen LogP contribution in [-0.4, -0.2) is 38.6 Å². The SMILES string of the molecule is CC(C)(C)c1nc(Nc2ccc(N3C(=O)C=CC3=O)cc2)nc(Nc2ccc(N3C(=O)C=CC3=O)cc2)n1. The van der Waals surface area contributed by atoms with Gasteiger partial charge in [0.15, 0.2) is 0 Å². The molecule has 2 aromatic carbocycles. The number of aromatic nitrogens is 3. The molecule has 190 valence electrons. The summed E-state index contributed by atoms with van der Waals surface area (Å²) >= 11 is 0. The highest BCUT2D eigenvalue weighted by molar-refractivity contribution is 6.28. The van der Waals surface area contributed by atoms with E-state index >= 15 is 0 Å². The van der Waals surface area contributed by atoms with E-state index in [1.54, 1.807) is 48.5 Å². The Labute approximate surface area is 217 Å². The number of rotatable bonds is 6. The maximum Gasteiger partial charge on any atom is 0.258 e. The first-order chi connectivity index (χ1) is 18.1. The first kappa shape index (κ1) is 24.5. The van der Waals surface area contributed by atoms with E-state index in [9.17, 15) is 19.2 Å². The minimum absolute atomic E-state index is 0.297. The third-order valence-electron chi connectivity index (χ3n) is 5.69. The van der Waals surface area contributed by atoms with Crippen LogP contribution in [-0.2, 0) is 24.6 Å². The Bertz CT molecular complexity index is 1380. The molecular weight excluding hydrogens is 486 g/mol. The molecule has 0 unspecified atom stereocenters. The fourth-order valence-electron chi connectivity index (χ4n) is 3.78. The molecular formula is C27H23N7O4. The maximum absolute atomic E-state index is 11.9. The molecule has 0 aliphatic carbocycles. The third-order valence-corrected chi connectivity index (χ3v) is 5.69. The van der Waals surface area contributed by atoms with Gasteiger partial charge in [-0.05, 0) is 48.5 Å². The van der Waals surface area contributed by atoms with Crippen LogP contribution >= 0.6 is 0 Å². The van der Waals surface area contributed by atoms with E-state index in [2.05, 4.69) is 25.6 Å². The predicted molar refractivity (Wildman–Crippen MR) is 141 cm³/mol. The van der Waals surface area contributed by atoms with Gasteiger partial charge < -0.3 is 10.6 Å². The van der Waals surface area contributed by atoms with Gasteiger partial charge in [-0.2, -0.15) is 15.0 Å². The Hall–Kier alpha value is -5.19. The van der Waals surface area contributed by atoms with Crippen molar-refractivity contribution in [2.75, 3.05) is 20.4 Å². The zero-order valence-electron chi connectivity index (χ0n) is 20.8. The molecule has 3 heterocycles. The van der Waals surface area contributed by atoms with Gasteiger partial charge in [0.05, 0.1) is 11.4 Å². The molecule has 38 heavy (non-hydrogen) atoms. The number of hydrogen-bond donors (Lipinski definition) is 2. The number of amides is 4. The predicted octanol–water partition coefficient (Wildman–Crippen LogP) is 3.52. The number of carbonyl (C=O) groups excluding carboxylic acids is 4. The second-order valence-electron chi connectivity index (χ2n) is 9.59. The van der Waals surface area contributed by atoms with E-state index in [1.807, 2.05) is 20.8 Å². The van der Waals surface area contributed by atoms with Crippen molar-refractivity contribution in [2.45, 2.75) is 26.2 Å². The zero-order chi connectivity index (χ0) is 27.0. The van der Waals surface area contributed by atoms with Crippen LogP contribution in [0.3, 0.4) is 0 Å². The van der Waals surface area contributed by atoms with E-state index in [0.29, 0.717) is 40.5 Å². The molecule has 3 aromatic rings. The monoisotopic (exact) mass is 509 g/mol. The van der Waals surface area contributed by atoms with Gasteiger partial charge >= 0.3 is 0 Å². The minimum atomic E-state index is -0.387. The molecule has 4 amide bonds. The molecule has 2 aliphatic heterocycles. The molecule has 0 spiro atoms. The van der Waals surface area contributed by atoms with Crippen molar-refractivity contribution in [3.8, 4) is 0 Å².